The van der Waals surface area contributed by atoms with Crippen molar-refractivity contribution in [1.82, 2.24) is 20.2 Å². The normalized spacial score (nSPS) is 18.3. The van der Waals surface area contributed by atoms with E-state index in [1.807, 2.05) is 11.8 Å². The molecule has 1 aliphatic heterocycles. The third-order valence-electron chi connectivity index (χ3n) is 7.62. The van der Waals surface area contributed by atoms with Gasteiger partial charge in [-0.05, 0) is 49.6 Å². The van der Waals surface area contributed by atoms with E-state index in [1.54, 1.807) is 6.07 Å². The topological polar surface area (TPSA) is 90.0 Å². The number of aromatic amines is 1. The van der Waals surface area contributed by atoms with Crippen LogP contribution in [0, 0.1) is 5.82 Å². The molecule has 0 saturated heterocycles. The maximum atomic E-state index is 14.6. The Labute approximate surface area is 227 Å². The van der Waals surface area contributed by atoms with Crippen molar-refractivity contribution in [2.24, 2.45) is 0 Å². The Bertz CT molecular complexity index is 1560. The molecular formula is C28H27F4N7O. The Morgan fingerprint density at radius 2 is 1.90 bits per heavy atom. The molecule has 1 atom stereocenters. The predicted octanol–water partition coefficient (Wildman–Crippen LogP) is 6.85. The molecule has 4 aromatic rings. The van der Waals surface area contributed by atoms with Gasteiger partial charge in [0.25, 0.3) is 5.91 Å². The van der Waals surface area contributed by atoms with E-state index in [0.717, 1.165) is 44.2 Å². The quantitative estimate of drug-likeness (QED) is 0.263. The molecule has 208 valence electrons. The first kappa shape index (κ1) is 26.0. The van der Waals surface area contributed by atoms with Gasteiger partial charge in [-0.2, -0.15) is 23.3 Å². The second kappa shape index (κ2) is 10.1. The van der Waals surface area contributed by atoms with Gasteiger partial charge in [-0.3, -0.25) is 14.8 Å². The lowest BCUT2D eigenvalue weighted by Gasteiger charge is -2.46. The number of hydrogen-bond donors (Lipinski definition) is 2. The summed E-state index contributed by atoms with van der Waals surface area (Å²) in [7, 11) is 0. The zero-order valence-corrected chi connectivity index (χ0v) is 21.7. The molecular weight excluding hydrogens is 526 g/mol. The number of carbonyl (C=O) groups is 1. The Balaban J connectivity index is 1.46. The highest BCUT2D eigenvalue weighted by Crippen LogP contribution is 2.44. The molecule has 0 radical (unpaired) electrons. The Hall–Kier alpha value is -4.22. The minimum Gasteiger partial charge on any atom is -0.340 e. The molecule has 2 aromatic carbocycles. The van der Waals surface area contributed by atoms with Crippen molar-refractivity contribution in [3.05, 3.63) is 60.2 Å². The zero-order chi connectivity index (χ0) is 28.0. The van der Waals surface area contributed by atoms with E-state index in [1.165, 1.54) is 35.5 Å². The van der Waals surface area contributed by atoms with Crippen LogP contribution >= 0.6 is 0 Å². The van der Waals surface area contributed by atoms with Gasteiger partial charge in [-0.15, -0.1) is 0 Å². The van der Waals surface area contributed by atoms with Crippen LogP contribution in [0.5, 0.6) is 0 Å². The summed E-state index contributed by atoms with van der Waals surface area (Å²) in [5.41, 5.74) is 0.241. The zero-order valence-electron chi connectivity index (χ0n) is 21.7. The van der Waals surface area contributed by atoms with Gasteiger partial charge in [-0.25, -0.2) is 9.37 Å². The number of aromatic nitrogens is 4. The number of amides is 1. The molecule has 0 spiro atoms. The predicted molar refractivity (Wildman–Crippen MR) is 143 cm³/mol. The molecule has 1 fully saturated rings. The van der Waals surface area contributed by atoms with Crippen LogP contribution in [0.1, 0.15) is 51.0 Å². The van der Waals surface area contributed by atoms with Crippen LogP contribution in [0.25, 0.3) is 10.9 Å². The first-order valence-corrected chi connectivity index (χ1v) is 13.3. The Morgan fingerprint density at radius 3 is 2.65 bits per heavy atom. The molecule has 0 unspecified atom stereocenters. The van der Waals surface area contributed by atoms with Gasteiger partial charge < -0.3 is 10.2 Å². The van der Waals surface area contributed by atoms with E-state index in [9.17, 15) is 22.4 Å². The number of hydrogen-bond acceptors (Lipinski definition) is 6. The van der Waals surface area contributed by atoms with Gasteiger partial charge in [0.1, 0.15) is 17.2 Å². The minimum absolute atomic E-state index is 0.0486. The van der Waals surface area contributed by atoms with E-state index in [-0.39, 0.29) is 29.1 Å². The van der Waals surface area contributed by atoms with Gasteiger partial charge in [0.2, 0.25) is 5.95 Å². The summed E-state index contributed by atoms with van der Waals surface area (Å²) in [6, 6.07) is 7.15. The third-order valence-corrected chi connectivity index (χ3v) is 7.62. The van der Waals surface area contributed by atoms with E-state index >= 15 is 0 Å². The van der Waals surface area contributed by atoms with Crippen molar-refractivity contribution in [1.29, 1.82) is 0 Å². The average molecular weight is 554 g/mol. The highest BCUT2D eigenvalue weighted by atomic mass is 19.4. The van der Waals surface area contributed by atoms with Gasteiger partial charge in [-0.1, -0.05) is 32.3 Å². The van der Waals surface area contributed by atoms with Crippen molar-refractivity contribution < 1.29 is 22.4 Å². The van der Waals surface area contributed by atoms with Gasteiger partial charge in [0.05, 0.1) is 18.0 Å². The fraction of sp³-hybridized carbons (Fsp3) is 0.357. The summed E-state index contributed by atoms with van der Waals surface area (Å²) in [4.78, 5) is 26.4. The second-order valence-electron chi connectivity index (χ2n) is 10.2. The lowest BCUT2D eigenvalue weighted by atomic mass is 9.91. The summed E-state index contributed by atoms with van der Waals surface area (Å²) < 4.78 is 55.3. The standard InChI is InChI=1S/C28H27F4N7O/c1-2-22-26(40)39(20-10-6-7-17(12-20)28(30,31)32)23-15-33-27(36-25(23)38(22)19-8-4-3-5-9-19)35-18-11-16-14-34-37-24(16)21(29)13-18/h6-7,10-15,19,22H,2-5,8-9H2,1H3,(H,34,37)(H,33,35,36)/t22-/m1/s1. The molecule has 0 bridgehead atoms. The molecule has 12 heteroatoms. The number of nitrogens with zero attached hydrogens (tertiary/aromatic N) is 5. The van der Waals surface area contributed by atoms with Crippen LogP contribution in [-0.4, -0.2) is 38.2 Å². The largest absolute Gasteiger partial charge is 0.416 e. The maximum Gasteiger partial charge on any atom is 0.416 e. The van der Waals surface area contributed by atoms with Gasteiger partial charge in [0.15, 0.2) is 11.6 Å². The van der Waals surface area contributed by atoms with Gasteiger partial charge >= 0.3 is 6.18 Å². The fourth-order valence-electron chi connectivity index (χ4n) is 5.77. The molecule has 1 amide bonds. The van der Waals surface area contributed by atoms with Gasteiger partial charge in [0, 0.05) is 22.8 Å². The van der Waals surface area contributed by atoms with Crippen molar-refractivity contribution in [2.45, 2.75) is 63.7 Å². The number of H-pyrrole nitrogens is 1. The van der Waals surface area contributed by atoms with Crippen LogP contribution in [-0.2, 0) is 11.0 Å². The van der Waals surface area contributed by atoms with Crippen molar-refractivity contribution >= 4 is 45.6 Å². The van der Waals surface area contributed by atoms with E-state index in [2.05, 4.69) is 20.5 Å². The van der Waals surface area contributed by atoms with Crippen LogP contribution in [0.3, 0.4) is 0 Å². The fourth-order valence-corrected chi connectivity index (χ4v) is 5.77. The Morgan fingerprint density at radius 1 is 1.10 bits per heavy atom. The summed E-state index contributed by atoms with van der Waals surface area (Å²) in [6.07, 6.45) is 3.72. The van der Waals surface area contributed by atoms with Crippen LogP contribution < -0.4 is 15.1 Å². The summed E-state index contributed by atoms with van der Waals surface area (Å²) in [6.45, 7) is 1.89. The SMILES string of the molecule is CC[C@@H]1C(=O)N(c2cccc(C(F)(F)F)c2)c2cnc(Nc3cc(F)c4[nH]ncc4c3)nc2N1C1CCCCC1. The molecule has 2 aliphatic rings. The average Bonchev–Trinajstić information content (AvgIpc) is 3.42. The first-order valence-electron chi connectivity index (χ1n) is 13.3. The number of alkyl halides is 3. The molecule has 1 saturated carbocycles. The summed E-state index contributed by atoms with van der Waals surface area (Å²) in [5, 5.41) is 10.1. The smallest absolute Gasteiger partial charge is 0.340 e. The lowest BCUT2D eigenvalue weighted by Crippen LogP contribution is -2.56. The summed E-state index contributed by atoms with van der Waals surface area (Å²) in [5.74, 6) is -0.184. The Kier molecular flexibility index (Phi) is 6.55. The second-order valence-corrected chi connectivity index (χ2v) is 10.2. The van der Waals surface area contributed by atoms with Crippen molar-refractivity contribution in [3.8, 4) is 0 Å². The monoisotopic (exact) mass is 553 g/mol. The van der Waals surface area contributed by atoms with Crippen molar-refractivity contribution in [2.75, 3.05) is 15.1 Å². The number of halogens is 4. The molecule has 2 aromatic heterocycles. The molecule has 3 heterocycles. The minimum atomic E-state index is -4.56. The maximum absolute atomic E-state index is 14.6. The molecule has 40 heavy (non-hydrogen) atoms. The third kappa shape index (κ3) is 4.61. The van der Waals surface area contributed by atoms with Crippen molar-refractivity contribution in [3.63, 3.8) is 0 Å². The molecule has 2 N–H and O–H groups in total. The van der Waals surface area contributed by atoms with Crippen LogP contribution in [0.15, 0.2) is 48.8 Å². The molecule has 1 aliphatic carbocycles. The van der Waals surface area contributed by atoms with Crippen LogP contribution in [0.2, 0.25) is 0 Å². The summed E-state index contributed by atoms with van der Waals surface area (Å²) >= 11 is 0. The number of benzene rings is 2. The molecule has 6 rings (SSSR count). The number of carbonyl (C=O) groups excluding carboxylic acids is 1. The van der Waals surface area contributed by atoms with Crippen LogP contribution in [0.4, 0.5) is 46.4 Å². The number of rotatable bonds is 5. The highest BCUT2D eigenvalue weighted by molar-refractivity contribution is 6.10. The van der Waals surface area contributed by atoms with E-state index < -0.39 is 23.6 Å². The van der Waals surface area contributed by atoms with E-state index in [4.69, 9.17) is 4.98 Å². The number of anilines is 5. The highest BCUT2D eigenvalue weighted by Gasteiger charge is 2.43. The molecule has 8 nitrogen and oxygen atoms in total. The van der Waals surface area contributed by atoms with E-state index in [0.29, 0.717) is 29.0 Å². The first-order chi connectivity index (χ1) is 19.2. The lowest BCUT2D eigenvalue weighted by molar-refractivity contribution is -0.137. The number of nitrogens with one attached hydrogen (secondary N) is 2. The number of fused-ring (bicyclic) bond motifs is 2.